The van der Waals surface area contributed by atoms with Crippen LogP contribution in [0.4, 0.5) is 0 Å². The summed E-state index contributed by atoms with van der Waals surface area (Å²) in [4.78, 5) is 26.9. The first-order chi connectivity index (χ1) is 13.4. The summed E-state index contributed by atoms with van der Waals surface area (Å²) in [5, 5.41) is 2.88. The molecule has 1 aliphatic rings. The summed E-state index contributed by atoms with van der Waals surface area (Å²) in [6, 6.07) is 0.636. The van der Waals surface area contributed by atoms with Gasteiger partial charge in [-0.25, -0.2) is 0 Å². The summed E-state index contributed by atoms with van der Waals surface area (Å²) in [5.74, 6) is 0.481. The van der Waals surface area contributed by atoms with Crippen molar-refractivity contribution in [2.75, 3.05) is 34.9 Å². The van der Waals surface area contributed by atoms with Crippen molar-refractivity contribution in [1.82, 2.24) is 10.2 Å². The molecule has 170 valence electrons. The highest BCUT2D eigenvalue weighted by atomic mass is 28.4. The van der Waals surface area contributed by atoms with Crippen LogP contribution in [0, 0.1) is 5.92 Å². The van der Waals surface area contributed by atoms with Gasteiger partial charge in [0.05, 0.1) is 0 Å². The van der Waals surface area contributed by atoms with Gasteiger partial charge in [-0.15, -0.1) is 0 Å². The van der Waals surface area contributed by atoms with Gasteiger partial charge in [-0.3, -0.25) is 14.5 Å². The molecule has 0 radical (unpaired) electrons. The van der Waals surface area contributed by atoms with Crippen LogP contribution < -0.4 is 5.32 Å². The number of ketones is 1. The highest BCUT2D eigenvalue weighted by Crippen LogP contribution is 2.41. The Hall–Kier alpha value is -0.803. The predicted octanol–water partition coefficient (Wildman–Crippen LogP) is 3.01. The molecule has 0 spiro atoms. The summed E-state index contributed by atoms with van der Waals surface area (Å²) in [7, 11) is 4.32. The summed E-state index contributed by atoms with van der Waals surface area (Å²) in [6.45, 7) is 9.50. The SMILES string of the molecule is CO[Si](CCCNC(=O)CCC(=O)CC1CC(C)(C)N(C)C(C)(C)C1)(OC)OC. The van der Waals surface area contributed by atoms with Gasteiger partial charge in [0.2, 0.25) is 5.91 Å². The van der Waals surface area contributed by atoms with E-state index in [1.165, 1.54) is 0 Å². The maximum absolute atomic E-state index is 12.5. The molecule has 1 rings (SSSR count). The van der Waals surface area contributed by atoms with Crippen LogP contribution in [0.2, 0.25) is 6.04 Å². The van der Waals surface area contributed by atoms with Crippen molar-refractivity contribution >= 4 is 20.5 Å². The van der Waals surface area contributed by atoms with Crippen molar-refractivity contribution in [3.63, 3.8) is 0 Å². The van der Waals surface area contributed by atoms with E-state index in [-0.39, 0.29) is 29.2 Å². The summed E-state index contributed by atoms with van der Waals surface area (Å²) >= 11 is 0. The Morgan fingerprint density at radius 2 is 1.52 bits per heavy atom. The fraction of sp³-hybridized carbons (Fsp3) is 0.905. The van der Waals surface area contributed by atoms with Gasteiger partial charge < -0.3 is 18.6 Å². The highest BCUT2D eigenvalue weighted by Gasteiger charge is 2.43. The number of amides is 1. The van der Waals surface area contributed by atoms with Gasteiger partial charge in [0, 0.05) is 64.3 Å². The lowest BCUT2D eigenvalue weighted by Gasteiger charge is -2.53. The molecule has 0 bridgehead atoms. The second-order valence-corrected chi connectivity index (χ2v) is 12.5. The van der Waals surface area contributed by atoms with Gasteiger partial charge in [-0.2, -0.15) is 0 Å². The topological polar surface area (TPSA) is 77.1 Å². The lowest BCUT2D eigenvalue weighted by atomic mass is 9.72. The standard InChI is InChI=1S/C21H42N2O5Si/c1-20(2)15-17(16-21(3,4)23(20)5)14-18(24)10-11-19(25)22-12-9-13-29(26-6,27-7)28-8/h17H,9-16H2,1-8H3,(H,22,25). The van der Waals surface area contributed by atoms with E-state index in [9.17, 15) is 9.59 Å². The minimum absolute atomic E-state index is 0.0786. The van der Waals surface area contributed by atoms with Crippen LogP contribution in [-0.4, -0.2) is 71.4 Å². The minimum atomic E-state index is -2.59. The third-order valence-corrected chi connectivity index (χ3v) is 9.29. The van der Waals surface area contributed by atoms with Crippen molar-refractivity contribution in [1.29, 1.82) is 0 Å². The fourth-order valence-corrected chi connectivity index (χ4v) is 6.30. The Morgan fingerprint density at radius 1 is 1.00 bits per heavy atom. The van der Waals surface area contributed by atoms with E-state index in [4.69, 9.17) is 13.3 Å². The van der Waals surface area contributed by atoms with Crippen molar-refractivity contribution in [2.45, 2.75) is 83.3 Å². The van der Waals surface area contributed by atoms with E-state index < -0.39 is 8.80 Å². The zero-order valence-corrected chi connectivity index (χ0v) is 20.7. The molecule has 7 nitrogen and oxygen atoms in total. The molecule has 0 atom stereocenters. The van der Waals surface area contributed by atoms with E-state index in [0.29, 0.717) is 37.8 Å². The number of carbonyl (C=O) groups excluding carboxylic acids is 2. The Balaban J connectivity index is 2.33. The Labute approximate surface area is 178 Å². The molecule has 1 N–H and O–H groups in total. The number of nitrogens with zero attached hydrogens (tertiary/aromatic N) is 1. The Kier molecular flexibility index (Phi) is 9.95. The molecule has 29 heavy (non-hydrogen) atoms. The lowest BCUT2D eigenvalue weighted by Crippen LogP contribution is -2.58. The van der Waals surface area contributed by atoms with Crippen LogP contribution in [0.3, 0.4) is 0 Å². The Bertz CT molecular complexity index is 523. The second-order valence-electron chi connectivity index (χ2n) is 9.45. The summed E-state index contributed by atoms with van der Waals surface area (Å²) in [5.41, 5.74) is 0.157. The number of likely N-dealkylation sites (tertiary alicyclic amines) is 1. The number of rotatable bonds is 12. The van der Waals surface area contributed by atoms with Gasteiger partial charge >= 0.3 is 8.80 Å². The van der Waals surface area contributed by atoms with Crippen molar-refractivity contribution in [3.8, 4) is 0 Å². The molecule has 0 unspecified atom stereocenters. The average molecular weight is 431 g/mol. The number of Topliss-reactive ketones (excluding diaryl/α,β-unsaturated/α-hetero) is 1. The predicted molar refractivity (Wildman–Crippen MR) is 117 cm³/mol. The average Bonchev–Trinajstić information content (AvgIpc) is 2.64. The van der Waals surface area contributed by atoms with E-state index in [1.807, 2.05) is 0 Å². The van der Waals surface area contributed by atoms with Gasteiger partial charge in [-0.1, -0.05) is 0 Å². The number of nitrogens with one attached hydrogen (secondary N) is 1. The molecule has 0 aromatic rings. The summed E-state index contributed by atoms with van der Waals surface area (Å²) in [6.07, 6.45) is 3.86. The van der Waals surface area contributed by atoms with E-state index >= 15 is 0 Å². The van der Waals surface area contributed by atoms with Crippen LogP contribution in [-0.2, 0) is 22.9 Å². The number of hydrogen-bond acceptors (Lipinski definition) is 6. The number of piperidine rings is 1. The maximum atomic E-state index is 12.5. The van der Waals surface area contributed by atoms with Gasteiger partial charge in [-0.05, 0) is 59.9 Å². The Morgan fingerprint density at radius 3 is 2.00 bits per heavy atom. The third-order valence-electron chi connectivity index (χ3n) is 6.45. The first-order valence-electron chi connectivity index (χ1n) is 10.6. The smallest absolute Gasteiger partial charge is 0.377 e. The molecule has 1 saturated heterocycles. The first-order valence-corrected chi connectivity index (χ1v) is 12.5. The van der Waals surface area contributed by atoms with Crippen LogP contribution in [0.15, 0.2) is 0 Å². The van der Waals surface area contributed by atoms with Crippen LogP contribution >= 0.6 is 0 Å². The molecule has 0 aliphatic carbocycles. The van der Waals surface area contributed by atoms with E-state index in [2.05, 4.69) is 45.0 Å². The third kappa shape index (κ3) is 7.75. The first kappa shape index (κ1) is 26.2. The molecule has 0 saturated carbocycles. The normalized spacial score (nSPS) is 19.9. The molecule has 8 heteroatoms. The van der Waals surface area contributed by atoms with Crippen LogP contribution in [0.5, 0.6) is 0 Å². The van der Waals surface area contributed by atoms with Crippen molar-refractivity contribution < 1.29 is 22.9 Å². The molecule has 1 amide bonds. The van der Waals surface area contributed by atoms with Gasteiger partial charge in [0.25, 0.3) is 0 Å². The largest absolute Gasteiger partial charge is 0.500 e. The molecule has 1 heterocycles. The second kappa shape index (κ2) is 11.0. The zero-order valence-electron chi connectivity index (χ0n) is 19.7. The highest BCUT2D eigenvalue weighted by molar-refractivity contribution is 6.60. The van der Waals surface area contributed by atoms with Gasteiger partial charge in [0.15, 0.2) is 0 Å². The lowest BCUT2D eigenvalue weighted by molar-refractivity contribution is -0.126. The number of carbonyl (C=O) groups is 2. The number of hydrogen-bond donors (Lipinski definition) is 1. The maximum Gasteiger partial charge on any atom is 0.500 e. The molecule has 1 aliphatic heterocycles. The van der Waals surface area contributed by atoms with Gasteiger partial charge in [0.1, 0.15) is 5.78 Å². The molecular weight excluding hydrogens is 388 g/mol. The fourth-order valence-electron chi connectivity index (χ4n) is 4.58. The molecular formula is C21H42N2O5Si. The minimum Gasteiger partial charge on any atom is -0.377 e. The summed E-state index contributed by atoms with van der Waals surface area (Å²) < 4.78 is 16.1. The van der Waals surface area contributed by atoms with Crippen LogP contribution in [0.25, 0.3) is 0 Å². The van der Waals surface area contributed by atoms with E-state index in [1.54, 1.807) is 21.3 Å². The van der Waals surface area contributed by atoms with Crippen molar-refractivity contribution in [2.24, 2.45) is 5.92 Å². The molecule has 0 aromatic heterocycles. The quantitative estimate of drug-likeness (QED) is 0.379. The van der Waals surface area contributed by atoms with Crippen LogP contribution in [0.1, 0.15) is 66.2 Å². The monoisotopic (exact) mass is 430 g/mol. The van der Waals surface area contributed by atoms with E-state index in [0.717, 1.165) is 12.8 Å². The molecule has 1 fully saturated rings. The zero-order chi connectivity index (χ0) is 22.3. The molecule has 0 aromatic carbocycles. The van der Waals surface area contributed by atoms with Crippen molar-refractivity contribution in [3.05, 3.63) is 0 Å².